The highest BCUT2D eigenvalue weighted by Gasteiger charge is 2.64. The van der Waals surface area contributed by atoms with Crippen LogP contribution in [0.2, 0.25) is 0 Å². The number of alkyl halides is 6. The van der Waals surface area contributed by atoms with E-state index in [9.17, 15) is 31.1 Å². The second-order valence-corrected chi connectivity index (χ2v) is 10.4. The lowest BCUT2D eigenvalue weighted by Gasteiger charge is -2.47. The number of halogens is 6. The normalized spacial score (nSPS) is 22.5. The van der Waals surface area contributed by atoms with Crippen LogP contribution in [-0.2, 0) is 25.7 Å². The number of methoxy groups -OCH3 is 1. The van der Waals surface area contributed by atoms with E-state index in [0.29, 0.717) is 5.91 Å². The second-order valence-electron chi connectivity index (χ2n) is 10.4. The lowest BCUT2D eigenvalue weighted by molar-refractivity contribution is -0.193. The number of rotatable bonds is 6. The molecule has 1 amide bonds. The van der Waals surface area contributed by atoms with E-state index in [1.54, 1.807) is 7.11 Å². The predicted octanol–water partition coefficient (Wildman–Crippen LogP) is 3.13. The van der Waals surface area contributed by atoms with E-state index in [2.05, 4.69) is 38.7 Å². The van der Waals surface area contributed by atoms with Crippen molar-refractivity contribution >= 4 is 17.8 Å². The van der Waals surface area contributed by atoms with E-state index in [-0.39, 0.29) is 10.8 Å². The number of nitrogens with zero attached hydrogens (tertiary/aromatic N) is 4. The van der Waals surface area contributed by atoms with Crippen molar-refractivity contribution in [2.75, 3.05) is 59.5 Å². The van der Waals surface area contributed by atoms with Gasteiger partial charge in [-0.05, 0) is 51.4 Å². The van der Waals surface area contributed by atoms with Crippen LogP contribution in [0.5, 0.6) is 0 Å². The molecule has 0 bridgehead atoms. The summed E-state index contributed by atoms with van der Waals surface area (Å²) in [6.07, 6.45) is -5.07. The molecule has 0 aromatic carbocycles. The third kappa shape index (κ3) is 8.77. The first-order chi connectivity index (χ1) is 19.5. The van der Waals surface area contributed by atoms with E-state index >= 15 is 0 Å². The van der Waals surface area contributed by atoms with Gasteiger partial charge in [0, 0.05) is 58.0 Å². The number of carboxylic acid groups (broad SMARTS) is 2. The van der Waals surface area contributed by atoms with Crippen molar-refractivity contribution in [1.29, 1.82) is 0 Å². The molecule has 238 valence electrons. The summed E-state index contributed by atoms with van der Waals surface area (Å²) < 4.78 is 68.8. The number of fused-ring (bicyclic) bond motifs is 1. The number of aliphatic carboxylic acids is 2. The van der Waals surface area contributed by atoms with Gasteiger partial charge in [-0.3, -0.25) is 19.6 Å². The summed E-state index contributed by atoms with van der Waals surface area (Å²) in [6.45, 7) is 10.5. The maximum atomic E-state index is 13.5. The van der Waals surface area contributed by atoms with Gasteiger partial charge in [0.15, 0.2) is 0 Å². The van der Waals surface area contributed by atoms with Gasteiger partial charge in [0.05, 0.1) is 17.7 Å². The fourth-order valence-corrected chi connectivity index (χ4v) is 5.84. The standard InChI is InChI=1S/C22H34N4O2.2C2HF3O2/c1-3-26-13-9-22(20(26)27)18-25(14-15-28-2)17-21(22)7-11-24(12-8-21)16-19-6-4-5-10-23-19;2*3-2(4,5)1(6)7/h4-6,10H,3,7-9,11-18H2,1-2H3;2*(H,6,7). The Kier molecular flexibility index (Phi) is 12.1. The van der Waals surface area contributed by atoms with Crippen LogP contribution < -0.4 is 0 Å². The van der Waals surface area contributed by atoms with Gasteiger partial charge in [-0.25, -0.2) is 9.59 Å². The van der Waals surface area contributed by atoms with Crippen molar-refractivity contribution in [1.82, 2.24) is 19.7 Å². The predicted molar refractivity (Wildman–Crippen MR) is 136 cm³/mol. The number of carbonyl (C=O) groups excluding carboxylic acids is 1. The minimum Gasteiger partial charge on any atom is -0.475 e. The molecule has 4 rings (SSSR count). The Morgan fingerprint density at radius 2 is 1.52 bits per heavy atom. The molecule has 42 heavy (non-hydrogen) atoms. The summed E-state index contributed by atoms with van der Waals surface area (Å²) in [5.41, 5.74) is 1.06. The highest BCUT2D eigenvalue weighted by Crippen LogP contribution is 2.57. The van der Waals surface area contributed by atoms with Crippen LogP contribution in [0.25, 0.3) is 0 Å². The molecule has 2 N–H and O–H groups in total. The zero-order valence-electron chi connectivity index (χ0n) is 23.4. The molecule has 3 fully saturated rings. The third-order valence-corrected chi connectivity index (χ3v) is 7.94. The largest absolute Gasteiger partial charge is 0.490 e. The molecule has 4 heterocycles. The summed E-state index contributed by atoms with van der Waals surface area (Å²) in [7, 11) is 1.76. The van der Waals surface area contributed by atoms with Crippen LogP contribution in [0, 0.1) is 10.8 Å². The molecule has 0 radical (unpaired) electrons. The smallest absolute Gasteiger partial charge is 0.475 e. The number of ether oxygens (including phenoxy) is 1. The Bertz CT molecular complexity index is 1030. The van der Waals surface area contributed by atoms with Crippen molar-refractivity contribution in [3.8, 4) is 0 Å². The lowest BCUT2D eigenvalue weighted by atomic mass is 9.60. The first kappa shape index (κ1) is 35.2. The van der Waals surface area contributed by atoms with E-state index in [4.69, 9.17) is 24.5 Å². The average molecular weight is 615 g/mol. The SMILES string of the molecule is CCN1CCC2(CN(CCOC)CC23CCN(Cc2ccccn2)CC3)C1=O.O=C(O)C(F)(F)F.O=C(O)C(F)(F)F. The third-order valence-electron chi connectivity index (χ3n) is 7.94. The van der Waals surface area contributed by atoms with Crippen molar-refractivity contribution in [3.05, 3.63) is 30.1 Å². The Labute approximate surface area is 239 Å². The molecule has 0 saturated carbocycles. The topological polar surface area (TPSA) is 124 Å². The van der Waals surface area contributed by atoms with Crippen molar-refractivity contribution in [2.24, 2.45) is 10.8 Å². The van der Waals surface area contributed by atoms with Gasteiger partial charge in [0.25, 0.3) is 0 Å². The van der Waals surface area contributed by atoms with E-state index in [0.717, 1.165) is 83.9 Å². The van der Waals surface area contributed by atoms with Crippen LogP contribution in [-0.4, -0.2) is 120 Å². The molecule has 16 heteroatoms. The quantitative estimate of drug-likeness (QED) is 0.466. The molecule has 10 nitrogen and oxygen atoms in total. The summed E-state index contributed by atoms with van der Waals surface area (Å²) >= 11 is 0. The van der Waals surface area contributed by atoms with Gasteiger partial charge >= 0.3 is 24.3 Å². The highest BCUT2D eigenvalue weighted by molar-refractivity contribution is 5.86. The molecular formula is C26H36F6N4O6. The number of amides is 1. The van der Waals surface area contributed by atoms with E-state index < -0.39 is 24.3 Å². The van der Waals surface area contributed by atoms with Gasteiger partial charge in [-0.2, -0.15) is 26.3 Å². The number of pyridine rings is 1. The van der Waals surface area contributed by atoms with E-state index in [1.165, 1.54) is 0 Å². The highest BCUT2D eigenvalue weighted by atomic mass is 19.4. The van der Waals surface area contributed by atoms with Gasteiger partial charge < -0.3 is 19.8 Å². The summed E-state index contributed by atoms with van der Waals surface area (Å²) in [6, 6.07) is 6.13. The molecule has 0 aliphatic carbocycles. The summed E-state index contributed by atoms with van der Waals surface area (Å²) in [5.74, 6) is -5.10. The van der Waals surface area contributed by atoms with Gasteiger partial charge in [-0.15, -0.1) is 0 Å². The fourth-order valence-electron chi connectivity index (χ4n) is 5.84. The van der Waals surface area contributed by atoms with Crippen molar-refractivity contribution in [2.45, 2.75) is 45.1 Å². The summed E-state index contributed by atoms with van der Waals surface area (Å²) in [4.78, 5) is 42.8. The van der Waals surface area contributed by atoms with Gasteiger partial charge in [0.2, 0.25) is 5.91 Å². The first-order valence-corrected chi connectivity index (χ1v) is 13.2. The molecule has 2 spiro atoms. The van der Waals surface area contributed by atoms with Crippen LogP contribution >= 0.6 is 0 Å². The van der Waals surface area contributed by atoms with E-state index in [1.807, 2.05) is 12.3 Å². The number of aromatic nitrogens is 1. The van der Waals surface area contributed by atoms with Gasteiger partial charge in [-0.1, -0.05) is 6.07 Å². The minimum absolute atomic E-state index is 0.113. The maximum absolute atomic E-state index is 13.5. The molecule has 3 saturated heterocycles. The fraction of sp³-hybridized carbons (Fsp3) is 0.692. The molecule has 3 aliphatic heterocycles. The maximum Gasteiger partial charge on any atom is 0.490 e. The number of likely N-dealkylation sites (tertiary alicyclic amines) is 3. The zero-order valence-corrected chi connectivity index (χ0v) is 23.4. The zero-order chi connectivity index (χ0) is 31.8. The van der Waals surface area contributed by atoms with Crippen LogP contribution in [0.1, 0.15) is 31.9 Å². The van der Waals surface area contributed by atoms with Crippen molar-refractivity contribution < 1.29 is 55.7 Å². The average Bonchev–Trinajstić information content (AvgIpc) is 3.41. The van der Waals surface area contributed by atoms with Crippen LogP contribution in [0.4, 0.5) is 26.3 Å². The van der Waals surface area contributed by atoms with Crippen LogP contribution in [0.3, 0.4) is 0 Å². The first-order valence-electron chi connectivity index (χ1n) is 13.2. The Morgan fingerprint density at radius 3 is 1.95 bits per heavy atom. The lowest BCUT2D eigenvalue weighted by Crippen LogP contribution is -2.52. The number of piperidine rings is 1. The Hall–Kier alpha value is -2.98. The summed E-state index contributed by atoms with van der Waals surface area (Å²) in [5, 5.41) is 14.2. The second kappa shape index (κ2) is 14.5. The molecule has 1 atom stereocenters. The number of hydrogen-bond donors (Lipinski definition) is 2. The Balaban J connectivity index is 0.000000367. The minimum atomic E-state index is -5.08. The number of carbonyl (C=O) groups is 3. The number of hydrogen-bond acceptors (Lipinski definition) is 7. The van der Waals surface area contributed by atoms with Gasteiger partial charge in [0.1, 0.15) is 0 Å². The molecule has 1 unspecified atom stereocenters. The Morgan fingerprint density at radius 1 is 0.952 bits per heavy atom. The molecule has 3 aliphatic rings. The van der Waals surface area contributed by atoms with Crippen LogP contribution in [0.15, 0.2) is 24.4 Å². The number of carboxylic acids is 2. The molecular weight excluding hydrogens is 578 g/mol. The molecule has 1 aromatic rings. The molecule has 1 aromatic heterocycles. The van der Waals surface area contributed by atoms with Crippen molar-refractivity contribution in [3.63, 3.8) is 0 Å². The monoisotopic (exact) mass is 614 g/mol.